The standard InChI is InChI=1S/C20H15BrClFN2O3S/c1-12-6-8-14(24-20(26)15-9-7-13(21)10-16(15)22)11-19(12)29(27,28)25-18-5-3-2-4-17(18)23/h2-11,25H,1H3,(H,24,26). The van der Waals surface area contributed by atoms with E-state index in [-0.39, 0.29) is 26.9 Å². The molecule has 0 heterocycles. The van der Waals surface area contributed by atoms with Gasteiger partial charge < -0.3 is 5.32 Å². The minimum atomic E-state index is -4.08. The second-order valence-electron chi connectivity index (χ2n) is 6.14. The van der Waals surface area contributed by atoms with Gasteiger partial charge in [0.1, 0.15) is 5.82 Å². The molecular weight excluding hydrogens is 483 g/mol. The van der Waals surface area contributed by atoms with Crippen LogP contribution < -0.4 is 10.0 Å². The second kappa shape index (κ2) is 8.52. The monoisotopic (exact) mass is 496 g/mol. The van der Waals surface area contributed by atoms with Crippen molar-refractivity contribution in [3.63, 3.8) is 0 Å². The third-order valence-electron chi connectivity index (χ3n) is 4.03. The van der Waals surface area contributed by atoms with Crippen molar-refractivity contribution in [2.75, 3.05) is 10.0 Å². The van der Waals surface area contributed by atoms with Crippen LogP contribution in [0.15, 0.2) is 70.0 Å². The number of sulfonamides is 1. The molecule has 3 aromatic rings. The summed E-state index contributed by atoms with van der Waals surface area (Å²) >= 11 is 9.36. The highest BCUT2D eigenvalue weighted by Crippen LogP contribution is 2.26. The highest BCUT2D eigenvalue weighted by atomic mass is 79.9. The van der Waals surface area contributed by atoms with Gasteiger partial charge in [-0.3, -0.25) is 9.52 Å². The maximum Gasteiger partial charge on any atom is 0.262 e. The van der Waals surface area contributed by atoms with E-state index in [2.05, 4.69) is 26.0 Å². The first-order chi connectivity index (χ1) is 13.7. The lowest BCUT2D eigenvalue weighted by Gasteiger charge is -2.13. The van der Waals surface area contributed by atoms with E-state index in [0.29, 0.717) is 5.56 Å². The quantitative estimate of drug-likeness (QED) is 0.481. The van der Waals surface area contributed by atoms with E-state index in [4.69, 9.17) is 11.6 Å². The van der Waals surface area contributed by atoms with Crippen molar-refractivity contribution in [2.24, 2.45) is 0 Å². The molecule has 0 fully saturated rings. The Bertz CT molecular complexity index is 1200. The van der Waals surface area contributed by atoms with Gasteiger partial charge in [-0.15, -0.1) is 0 Å². The highest BCUT2D eigenvalue weighted by Gasteiger charge is 2.20. The van der Waals surface area contributed by atoms with Crippen LogP contribution in [0, 0.1) is 12.7 Å². The Morgan fingerprint density at radius 1 is 1.07 bits per heavy atom. The van der Waals surface area contributed by atoms with Crippen LogP contribution in [0.2, 0.25) is 5.02 Å². The Kier molecular flexibility index (Phi) is 6.26. The lowest BCUT2D eigenvalue weighted by Crippen LogP contribution is -2.17. The van der Waals surface area contributed by atoms with Crippen LogP contribution in [-0.2, 0) is 10.0 Å². The molecule has 0 radical (unpaired) electrons. The summed E-state index contributed by atoms with van der Waals surface area (Å²) in [5.41, 5.74) is 0.773. The van der Waals surface area contributed by atoms with Crippen LogP contribution in [0.4, 0.5) is 15.8 Å². The number of carbonyl (C=O) groups excluding carboxylic acids is 1. The molecule has 1 amide bonds. The highest BCUT2D eigenvalue weighted by molar-refractivity contribution is 9.10. The van der Waals surface area contributed by atoms with Crippen molar-refractivity contribution in [3.8, 4) is 0 Å². The molecular formula is C20H15BrClFN2O3S. The number of para-hydroxylation sites is 1. The summed E-state index contributed by atoms with van der Waals surface area (Å²) in [5.74, 6) is -1.18. The number of halogens is 3. The molecule has 9 heteroatoms. The van der Waals surface area contributed by atoms with Crippen LogP contribution in [0.25, 0.3) is 0 Å². The van der Waals surface area contributed by atoms with Crippen LogP contribution in [0.3, 0.4) is 0 Å². The average Bonchev–Trinajstić information content (AvgIpc) is 2.65. The zero-order valence-corrected chi connectivity index (χ0v) is 18.2. The number of anilines is 2. The molecule has 0 aliphatic heterocycles. The lowest BCUT2D eigenvalue weighted by atomic mass is 10.2. The molecule has 29 heavy (non-hydrogen) atoms. The van der Waals surface area contributed by atoms with Gasteiger partial charge in [0.05, 0.1) is 21.2 Å². The van der Waals surface area contributed by atoms with Gasteiger partial charge in [-0.25, -0.2) is 12.8 Å². The van der Waals surface area contributed by atoms with Crippen LogP contribution in [0.5, 0.6) is 0 Å². The lowest BCUT2D eigenvalue weighted by molar-refractivity contribution is 0.102. The molecule has 3 aromatic carbocycles. The summed E-state index contributed by atoms with van der Waals surface area (Å²) in [6.45, 7) is 1.60. The molecule has 5 nitrogen and oxygen atoms in total. The first-order valence-corrected chi connectivity index (χ1v) is 11.0. The fraction of sp³-hybridized carbons (Fsp3) is 0.0500. The Balaban J connectivity index is 1.89. The molecule has 0 aliphatic carbocycles. The average molecular weight is 498 g/mol. The van der Waals surface area contributed by atoms with Crippen molar-refractivity contribution in [3.05, 3.63) is 87.1 Å². The first-order valence-electron chi connectivity index (χ1n) is 8.32. The molecule has 0 atom stereocenters. The topological polar surface area (TPSA) is 75.3 Å². The van der Waals surface area contributed by atoms with E-state index in [0.717, 1.165) is 10.5 Å². The maximum absolute atomic E-state index is 13.8. The Morgan fingerprint density at radius 2 is 1.79 bits per heavy atom. The number of benzene rings is 3. The van der Waals surface area contributed by atoms with Crippen LogP contribution >= 0.6 is 27.5 Å². The van der Waals surface area contributed by atoms with Gasteiger partial charge in [0.15, 0.2) is 0 Å². The molecule has 0 saturated heterocycles. The molecule has 150 valence electrons. The Labute approximate surface area is 181 Å². The fourth-order valence-corrected chi connectivity index (χ4v) is 4.68. The summed E-state index contributed by atoms with van der Waals surface area (Å²) in [4.78, 5) is 12.4. The van der Waals surface area contributed by atoms with Gasteiger partial charge >= 0.3 is 0 Å². The van der Waals surface area contributed by atoms with E-state index < -0.39 is 21.7 Å². The second-order valence-corrected chi connectivity index (χ2v) is 9.12. The summed E-state index contributed by atoms with van der Waals surface area (Å²) in [6.07, 6.45) is 0. The smallest absolute Gasteiger partial charge is 0.262 e. The van der Waals surface area contributed by atoms with Crippen molar-refractivity contribution in [1.82, 2.24) is 0 Å². The molecule has 0 unspecified atom stereocenters. The number of rotatable bonds is 5. The van der Waals surface area contributed by atoms with Gasteiger partial charge in [-0.05, 0) is 55.0 Å². The summed E-state index contributed by atoms with van der Waals surface area (Å²) < 4.78 is 42.3. The molecule has 0 bridgehead atoms. The number of hydrogen-bond donors (Lipinski definition) is 2. The van der Waals surface area contributed by atoms with Crippen molar-refractivity contribution in [1.29, 1.82) is 0 Å². The third kappa shape index (κ3) is 4.95. The molecule has 0 spiro atoms. The normalized spacial score (nSPS) is 11.2. The van der Waals surface area contributed by atoms with Crippen molar-refractivity contribution >= 4 is 54.8 Å². The van der Waals surface area contributed by atoms with Crippen molar-refractivity contribution in [2.45, 2.75) is 11.8 Å². The van der Waals surface area contributed by atoms with E-state index in [1.807, 2.05) is 0 Å². The first kappa shape index (κ1) is 21.3. The van der Waals surface area contributed by atoms with E-state index >= 15 is 0 Å². The number of aryl methyl sites for hydroxylation is 1. The third-order valence-corrected chi connectivity index (χ3v) is 6.34. The van der Waals surface area contributed by atoms with E-state index in [1.165, 1.54) is 24.3 Å². The predicted molar refractivity (Wildman–Crippen MR) is 115 cm³/mol. The van der Waals surface area contributed by atoms with Gasteiger partial charge in [0, 0.05) is 10.2 Å². The summed E-state index contributed by atoms with van der Waals surface area (Å²) in [5, 5.41) is 2.88. The Morgan fingerprint density at radius 3 is 2.48 bits per heavy atom. The largest absolute Gasteiger partial charge is 0.322 e. The minimum absolute atomic E-state index is 0.0829. The van der Waals surface area contributed by atoms with E-state index in [9.17, 15) is 17.6 Å². The molecule has 0 saturated carbocycles. The zero-order chi connectivity index (χ0) is 21.2. The number of hydrogen-bond acceptors (Lipinski definition) is 3. The molecule has 3 rings (SSSR count). The van der Waals surface area contributed by atoms with Gasteiger partial charge in [0.25, 0.3) is 15.9 Å². The van der Waals surface area contributed by atoms with Crippen molar-refractivity contribution < 1.29 is 17.6 Å². The predicted octanol–water partition coefficient (Wildman–Crippen LogP) is 5.60. The Hall–Kier alpha value is -2.42. The fourth-order valence-electron chi connectivity index (χ4n) is 2.58. The summed E-state index contributed by atoms with van der Waals surface area (Å²) in [7, 11) is -4.08. The minimum Gasteiger partial charge on any atom is -0.322 e. The van der Waals surface area contributed by atoms with Crippen LogP contribution in [-0.4, -0.2) is 14.3 Å². The molecule has 0 aromatic heterocycles. The number of carbonyl (C=O) groups is 1. The number of nitrogens with one attached hydrogen (secondary N) is 2. The SMILES string of the molecule is Cc1ccc(NC(=O)c2ccc(Br)cc2Cl)cc1S(=O)(=O)Nc1ccccc1F. The van der Waals surface area contributed by atoms with Gasteiger partial charge in [0.2, 0.25) is 0 Å². The van der Waals surface area contributed by atoms with Crippen LogP contribution in [0.1, 0.15) is 15.9 Å². The molecule has 0 aliphatic rings. The number of amides is 1. The zero-order valence-electron chi connectivity index (χ0n) is 15.0. The maximum atomic E-state index is 13.8. The van der Waals surface area contributed by atoms with E-state index in [1.54, 1.807) is 37.3 Å². The van der Waals surface area contributed by atoms with Gasteiger partial charge in [-0.1, -0.05) is 45.7 Å². The van der Waals surface area contributed by atoms with Gasteiger partial charge in [-0.2, -0.15) is 0 Å². The molecule has 2 N–H and O–H groups in total. The summed E-state index contributed by atoms with van der Waals surface area (Å²) in [6, 6.07) is 14.7.